The maximum Gasteiger partial charge on any atom is 0.269 e. The van der Waals surface area contributed by atoms with Gasteiger partial charge >= 0.3 is 0 Å². The lowest BCUT2D eigenvalue weighted by Crippen LogP contribution is -1.87. The van der Waals surface area contributed by atoms with Crippen LogP contribution in [0.25, 0.3) is 22.9 Å². The van der Waals surface area contributed by atoms with E-state index in [-0.39, 0.29) is 5.69 Å². The lowest BCUT2D eigenvalue weighted by Gasteiger charge is -1.97. The van der Waals surface area contributed by atoms with Crippen molar-refractivity contribution in [1.29, 1.82) is 5.26 Å². The number of benzene rings is 1. The maximum absolute atomic E-state index is 10.7. The largest absolute Gasteiger partial charge is 0.269 e. The molecule has 2 aromatic heterocycles. The molecular formula is C17H10N4O2S. The van der Waals surface area contributed by atoms with Gasteiger partial charge in [0.15, 0.2) is 0 Å². The predicted molar refractivity (Wildman–Crippen MR) is 91.9 cm³/mol. The standard InChI is InChI=1S/C17H10N4O2S/c18-9-14(8-12-2-1-7-19-10-12)17-20-16(11-24-17)13-3-5-15(6-4-13)21(22)23/h1-8,10-11H/b14-8+. The Morgan fingerprint density at radius 2 is 2.08 bits per heavy atom. The van der Waals surface area contributed by atoms with Crippen molar-refractivity contribution in [3.63, 3.8) is 0 Å². The zero-order chi connectivity index (χ0) is 16.9. The molecule has 0 aliphatic heterocycles. The van der Waals surface area contributed by atoms with E-state index >= 15 is 0 Å². The van der Waals surface area contributed by atoms with Crippen molar-refractivity contribution >= 4 is 28.7 Å². The van der Waals surface area contributed by atoms with E-state index in [1.165, 1.54) is 23.5 Å². The molecule has 0 saturated heterocycles. The fourth-order valence-corrected chi connectivity index (χ4v) is 2.85. The number of thiazole rings is 1. The van der Waals surface area contributed by atoms with E-state index in [0.29, 0.717) is 16.3 Å². The van der Waals surface area contributed by atoms with Gasteiger partial charge in [-0.05, 0) is 29.8 Å². The molecule has 3 aromatic rings. The average molecular weight is 334 g/mol. The molecule has 0 aliphatic carbocycles. The van der Waals surface area contributed by atoms with Gasteiger partial charge in [0.25, 0.3) is 5.69 Å². The monoisotopic (exact) mass is 334 g/mol. The molecule has 3 rings (SSSR count). The lowest BCUT2D eigenvalue weighted by molar-refractivity contribution is -0.384. The minimum absolute atomic E-state index is 0.0309. The highest BCUT2D eigenvalue weighted by Gasteiger charge is 2.11. The molecule has 0 aliphatic rings. The van der Waals surface area contributed by atoms with Crippen LogP contribution in [0.2, 0.25) is 0 Å². The Balaban J connectivity index is 1.91. The number of nitrogens with zero attached hydrogens (tertiary/aromatic N) is 4. The average Bonchev–Trinajstić information content (AvgIpc) is 3.10. The van der Waals surface area contributed by atoms with Crippen LogP contribution < -0.4 is 0 Å². The van der Waals surface area contributed by atoms with Crippen molar-refractivity contribution in [1.82, 2.24) is 9.97 Å². The first-order chi connectivity index (χ1) is 11.7. The molecular weight excluding hydrogens is 324 g/mol. The Hall–Kier alpha value is -3.37. The van der Waals surface area contributed by atoms with Gasteiger partial charge in [0.2, 0.25) is 0 Å². The highest BCUT2D eigenvalue weighted by Crippen LogP contribution is 2.28. The topological polar surface area (TPSA) is 92.7 Å². The van der Waals surface area contributed by atoms with Crippen LogP contribution in [-0.2, 0) is 0 Å². The van der Waals surface area contributed by atoms with E-state index < -0.39 is 4.92 Å². The van der Waals surface area contributed by atoms with Crippen molar-refractivity contribution in [2.45, 2.75) is 0 Å². The van der Waals surface area contributed by atoms with Crippen molar-refractivity contribution in [2.24, 2.45) is 0 Å². The Kier molecular flexibility index (Phi) is 4.40. The van der Waals surface area contributed by atoms with Gasteiger partial charge in [-0.2, -0.15) is 5.26 Å². The van der Waals surface area contributed by atoms with Gasteiger partial charge in [-0.15, -0.1) is 11.3 Å². The highest BCUT2D eigenvalue weighted by atomic mass is 32.1. The molecule has 1 aromatic carbocycles. The summed E-state index contributed by atoms with van der Waals surface area (Å²) in [6, 6.07) is 12.0. The van der Waals surface area contributed by atoms with Gasteiger partial charge in [-0.25, -0.2) is 4.98 Å². The summed E-state index contributed by atoms with van der Waals surface area (Å²) < 4.78 is 0. The molecule has 0 atom stereocenters. The minimum atomic E-state index is -0.444. The molecule has 0 fully saturated rings. The third kappa shape index (κ3) is 3.34. The normalized spacial score (nSPS) is 11.0. The Morgan fingerprint density at radius 1 is 1.29 bits per heavy atom. The first-order valence-corrected chi connectivity index (χ1v) is 7.78. The Morgan fingerprint density at radius 3 is 2.71 bits per heavy atom. The summed E-state index contributed by atoms with van der Waals surface area (Å²) in [5.74, 6) is 0. The van der Waals surface area contributed by atoms with Gasteiger partial charge in [-0.3, -0.25) is 15.1 Å². The zero-order valence-corrected chi connectivity index (χ0v) is 13.1. The molecule has 0 radical (unpaired) electrons. The van der Waals surface area contributed by atoms with E-state index in [4.69, 9.17) is 0 Å². The van der Waals surface area contributed by atoms with E-state index in [2.05, 4.69) is 16.0 Å². The summed E-state index contributed by atoms with van der Waals surface area (Å²) in [6.45, 7) is 0. The van der Waals surface area contributed by atoms with Crippen LogP contribution in [0, 0.1) is 21.4 Å². The van der Waals surface area contributed by atoms with Crippen LogP contribution in [-0.4, -0.2) is 14.9 Å². The second kappa shape index (κ2) is 6.81. The first kappa shape index (κ1) is 15.5. The number of hydrogen-bond donors (Lipinski definition) is 0. The van der Waals surface area contributed by atoms with Crippen LogP contribution in [0.15, 0.2) is 54.2 Å². The molecule has 6 nitrogen and oxygen atoms in total. The third-order valence-corrected chi connectivity index (χ3v) is 4.10. The second-order valence-electron chi connectivity index (χ2n) is 4.80. The molecule has 0 amide bonds. The summed E-state index contributed by atoms with van der Waals surface area (Å²) in [7, 11) is 0. The van der Waals surface area contributed by atoms with Crippen molar-refractivity contribution in [3.8, 4) is 17.3 Å². The number of nitro benzene ring substituents is 1. The summed E-state index contributed by atoms with van der Waals surface area (Å²) in [4.78, 5) is 18.7. The molecule has 24 heavy (non-hydrogen) atoms. The number of nitro groups is 1. The van der Waals surface area contributed by atoms with Crippen LogP contribution in [0.3, 0.4) is 0 Å². The predicted octanol–water partition coefficient (Wildman–Crippen LogP) is 4.18. The lowest BCUT2D eigenvalue weighted by atomic mass is 10.1. The van der Waals surface area contributed by atoms with E-state index in [1.54, 1.807) is 36.7 Å². The van der Waals surface area contributed by atoms with Crippen molar-refractivity contribution < 1.29 is 4.92 Å². The highest BCUT2D eigenvalue weighted by molar-refractivity contribution is 7.11. The number of non-ortho nitro benzene ring substituents is 1. The number of nitriles is 1. The fourth-order valence-electron chi connectivity index (χ4n) is 2.05. The van der Waals surface area contributed by atoms with Gasteiger partial charge < -0.3 is 0 Å². The number of hydrogen-bond acceptors (Lipinski definition) is 6. The molecule has 0 bridgehead atoms. The summed E-state index contributed by atoms with van der Waals surface area (Å²) >= 11 is 1.35. The second-order valence-corrected chi connectivity index (χ2v) is 5.66. The first-order valence-electron chi connectivity index (χ1n) is 6.90. The number of aromatic nitrogens is 2. The quantitative estimate of drug-likeness (QED) is 0.405. The van der Waals surface area contributed by atoms with Crippen LogP contribution in [0.5, 0.6) is 0 Å². The number of rotatable bonds is 4. The van der Waals surface area contributed by atoms with Gasteiger partial charge in [0.05, 0.1) is 16.2 Å². The van der Waals surface area contributed by atoms with Crippen LogP contribution >= 0.6 is 11.3 Å². The van der Waals surface area contributed by atoms with Gasteiger partial charge in [0, 0.05) is 35.5 Å². The summed E-state index contributed by atoms with van der Waals surface area (Å²) in [6.07, 6.45) is 5.06. The SMILES string of the molecule is N#C/C(=C\c1cccnc1)c1nc(-c2ccc([N+](=O)[O-])cc2)cs1. The van der Waals surface area contributed by atoms with Crippen LogP contribution in [0.1, 0.15) is 10.6 Å². The van der Waals surface area contributed by atoms with E-state index in [1.807, 2.05) is 11.4 Å². The van der Waals surface area contributed by atoms with Crippen molar-refractivity contribution in [3.05, 3.63) is 74.9 Å². The summed E-state index contributed by atoms with van der Waals surface area (Å²) in [5, 5.41) is 22.5. The molecule has 0 spiro atoms. The maximum atomic E-state index is 10.7. The molecule has 116 valence electrons. The molecule has 2 heterocycles. The smallest absolute Gasteiger partial charge is 0.264 e. The molecule has 7 heteroatoms. The van der Waals surface area contributed by atoms with Crippen LogP contribution in [0.4, 0.5) is 5.69 Å². The number of allylic oxidation sites excluding steroid dienone is 1. The van der Waals surface area contributed by atoms with Gasteiger partial charge in [0.1, 0.15) is 11.1 Å². The van der Waals surface area contributed by atoms with E-state index in [9.17, 15) is 15.4 Å². The molecule has 0 unspecified atom stereocenters. The van der Waals surface area contributed by atoms with E-state index in [0.717, 1.165) is 11.1 Å². The Labute approximate surface area is 141 Å². The number of pyridine rings is 1. The molecule has 0 saturated carbocycles. The van der Waals surface area contributed by atoms with Gasteiger partial charge in [-0.1, -0.05) is 6.07 Å². The third-order valence-electron chi connectivity index (χ3n) is 3.22. The zero-order valence-electron chi connectivity index (χ0n) is 12.3. The minimum Gasteiger partial charge on any atom is -0.264 e. The molecule has 0 N–H and O–H groups in total. The van der Waals surface area contributed by atoms with Crippen molar-refractivity contribution in [2.75, 3.05) is 0 Å². The summed E-state index contributed by atoms with van der Waals surface area (Å²) in [5.41, 5.74) is 2.74. The Bertz CT molecular complexity index is 941. The fraction of sp³-hybridized carbons (Fsp3) is 0.